The van der Waals surface area contributed by atoms with Gasteiger partial charge in [-0.05, 0) is 32.3 Å². The zero-order chi connectivity index (χ0) is 18.7. The van der Waals surface area contributed by atoms with E-state index in [4.69, 9.17) is 5.10 Å². The average molecular weight is 361 g/mol. The summed E-state index contributed by atoms with van der Waals surface area (Å²) in [4.78, 5) is 28.6. The van der Waals surface area contributed by atoms with Crippen LogP contribution in [0.15, 0.2) is 11.2 Å². The van der Waals surface area contributed by atoms with E-state index in [2.05, 4.69) is 41.0 Å². The zero-order valence-electron chi connectivity index (χ0n) is 15.6. The molecule has 1 aliphatic heterocycles. The maximum absolute atomic E-state index is 11.6. The molecular formula is C17H27N7O2. The Morgan fingerprint density at radius 1 is 1.46 bits per heavy atom. The molecule has 26 heavy (non-hydrogen) atoms. The first-order valence-electron chi connectivity index (χ1n) is 9.10. The fourth-order valence-electron chi connectivity index (χ4n) is 3.26. The van der Waals surface area contributed by atoms with Crippen LogP contribution in [-0.2, 0) is 17.6 Å². The number of imide groups is 1. The van der Waals surface area contributed by atoms with E-state index in [-0.39, 0.29) is 24.5 Å². The molecule has 0 radical (unpaired) electrons. The van der Waals surface area contributed by atoms with E-state index >= 15 is 0 Å². The summed E-state index contributed by atoms with van der Waals surface area (Å²) in [6.45, 7) is 5.12. The van der Waals surface area contributed by atoms with Crippen LogP contribution in [0.3, 0.4) is 0 Å². The van der Waals surface area contributed by atoms with Gasteiger partial charge in [-0.15, -0.1) is 0 Å². The van der Waals surface area contributed by atoms with Crippen LogP contribution in [-0.4, -0.2) is 65.3 Å². The fraction of sp³-hybridized carbons (Fsp3) is 0.647. The van der Waals surface area contributed by atoms with Gasteiger partial charge in [-0.25, -0.2) is 4.79 Å². The minimum absolute atomic E-state index is 0.0826. The maximum Gasteiger partial charge on any atom is 0.324 e. The second-order valence-corrected chi connectivity index (χ2v) is 6.96. The predicted molar refractivity (Wildman–Crippen MR) is 98.0 cm³/mol. The number of rotatable bonds is 5. The highest BCUT2D eigenvalue weighted by molar-refractivity contribution is 6.01. The van der Waals surface area contributed by atoms with E-state index in [1.807, 2.05) is 4.68 Å². The van der Waals surface area contributed by atoms with Crippen molar-refractivity contribution in [2.45, 2.75) is 45.2 Å². The van der Waals surface area contributed by atoms with Gasteiger partial charge in [0.05, 0.1) is 12.2 Å². The van der Waals surface area contributed by atoms with Crippen molar-refractivity contribution in [3.63, 3.8) is 0 Å². The van der Waals surface area contributed by atoms with Gasteiger partial charge < -0.3 is 16.0 Å². The summed E-state index contributed by atoms with van der Waals surface area (Å²) < 4.78 is 2.03. The normalized spacial score (nSPS) is 20.4. The molecular weight excluding hydrogens is 334 g/mol. The minimum atomic E-state index is -0.333. The second kappa shape index (κ2) is 7.76. The Labute approximate surface area is 153 Å². The Morgan fingerprint density at radius 3 is 2.92 bits per heavy atom. The van der Waals surface area contributed by atoms with Crippen LogP contribution in [0.25, 0.3) is 0 Å². The highest BCUT2D eigenvalue weighted by Gasteiger charge is 2.28. The molecule has 1 saturated heterocycles. The number of carbonyl (C=O) groups excluding carboxylic acids is 2. The summed E-state index contributed by atoms with van der Waals surface area (Å²) in [7, 11) is 1.71. The monoisotopic (exact) mass is 361 g/mol. The molecule has 3 rings (SSSR count). The Bertz CT molecular complexity index is 694. The van der Waals surface area contributed by atoms with Gasteiger partial charge in [-0.1, -0.05) is 0 Å². The van der Waals surface area contributed by atoms with Crippen LogP contribution < -0.4 is 16.0 Å². The van der Waals surface area contributed by atoms with Crippen LogP contribution >= 0.6 is 0 Å². The average Bonchev–Trinajstić information content (AvgIpc) is 3.18. The molecule has 3 N–H and O–H groups in total. The molecule has 0 bridgehead atoms. The number of guanidine groups is 1. The molecule has 2 aliphatic rings. The molecule has 1 fully saturated rings. The van der Waals surface area contributed by atoms with E-state index < -0.39 is 0 Å². The summed E-state index contributed by atoms with van der Waals surface area (Å²) in [5.74, 6) is 0.481. The van der Waals surface area contributed by atoms with Gasteiger partial charge in [0.2, 0.25) is 5.91 Å². The molecule has 1 aromatic rings. The SMILES string of the molecule is CN=C(NCCN1C(=O)CNC1=O)NC1CCc2cn(C(C)C)nc2C1. The van der Waals surface area contributed by atoms with Crippen LogP contribution in [0.2, 0.25) is 0 Å². The Hall–Kier alpha value is -2.58. The third-order valence-electron chi connectivity index (χ3n) is 4.76. The molecule has 0 spiro atoms. The maximum atomic E-state index is 11.6. The zero-order valence-corrected chi connectivity index (χ0v) is 15.6. The topological polar surface area (TPSA) is 104 Å². The van der Waals surface area contributed by atoms with Gasteiger partial charge in [0, 0.05) is 44.8 Å². The van der Waals surface area contributed by atoms with Crippen molar-refractivity contribution in [2.24, 2.45) is 4.99 Å². The number of aromatic nitrogens is 2. The van der Waals surface area contributed by atoms with E-state index in [0.29, 0.717) is 25.1 Å². The third-order valence-corrected chi connectivity index (χ3v) is 4.76. The molecule has 0 aromatic carbocycles. The number of aliphatic imine (C=N–C) groups is 1. The smallest absolute Gasteiger partial charge is 0.324 e. The highest BCUT2D eigenvalue weighted by atomic mass is 16.2. The number of fused-ring (bicyclic) bond motifs is 1. The molecule has 1 atom stereocenters. The number of carbonyl (C=O) groups is 2. The minimum Gasteiger partial charge on any atom is -0.355 e. The lowest BCUT2D eigenvalue weighted by Gasteiger charge is -2.24. The van der Waals surface area contributed by atoms with Gasteiger partial charge in [0.15, 0.2) is 5.96 Å². The van der Waals surface area contributed by atoms with Crippen molar-refractivity contribution < 1.29 is 9.59 Å². The molecule has 142 valence electrons. The summed E-state index contributed by atoms with van der Waals surface area (Å²) in [6.07, 6.45) is 5.04. The van der Waals surface area contributed by atoms with Crippen LogP contribution in [0.1, 0.15) is 37.6 Å². The predicted octanol–water partition coefficient (Wildman–Crippen LogP) is 0.0381. The lowest BCUT2D eigenvalue weighted by molar-refractivity contribution is -0.124. The quantitative estimate of drug-likeness (QED) is 0.390. The first-order valence-corrected chi connectivity index (χ1v) is 9.10. The largest absolute Gasteiger partial charge is 0.355 e. The number of nitrogens with zero attached hydrogens (tertiary/aromatic N) is 4. The number of hydrogen-bond acceptors (Lipinski definition) is 4. The lowest BCUT2D eigenvalue weighted by atomic mass is 9.94. The summed E-state index contributed by atoms with van der Waals surface area (Å²) in [5.41, 5.74) is 2.48. The van der Waals surface area contributed by atoms with E-state index in [1.54, 1.807) is 7.05 Å². The van der Waals surface area contributed by atoms with Gasteiger partial charge >= 0.3 is 6.03 Å². The first-order chi connectivity index (χ1) is 12.5. The van der Waals surface area contributed by atoms with Crippen molar-refractivity contribution in [3.05, 3.63) is 17.5 Å². The van der Waals surface area contributed by atoms with Crippen LogP contribution in [0.4, 0.5) is 4.79 Å². The molecule has 2 heterocycles. The molecule has 1 unspecified atom stereocenters. The number of amides is 3. The lowest BCUT2D eigenvalue weighted by Crippen LogP contribution is -2.48. The summed E-state index contributed by atoms with van der Waals surface area (Å²) in [6, 6.07) is 0.299. The van der Waals surface area contributed by atoms with E-state index in [9.17, 15) is 9.59 Å². The summed E-state index contributed by atoms with van der Waals surface area (Å²) >= 11 is 0. The van der Waals surface area contributed by atoms with Crippen molar-refractivity contribution in [3.8, 4) is 0 Å². The van der Waals surface area contributed by atoms with Crippen molar-refractivity contribution >= 4 is 17.9 Å². The van der Waals surface area contributed by atoms with Crippen molar-refractivity contribution in [1.29, 1.82) is 0 Å². The van der Waals surface area contributed by atoms with Gasteiger partial charge in [-0.3, -0.25) is 19.4 Å². The molecule has 3 amide bonds. The molecule has 9 heteroatoms. The summed E-state index contributed by atoms with van der Waals surface area (Å²) in [5, 5.41) is 13.8. The molecule has 1 aromatic heterocycles. The van der Waals surface area contributed by atoms with Crippen molar-refractivity contribution in [2.75, 3.05) is 26.7 Å². The molecule has 9 nitrogen and oxygen atoms in total. The molecule has 0 saturated carbocycles. The van der Waals surface area contributed by atoms with E-state index in [0.717, 1.165) is 25.0 Å². The third kappa shape index (κ3) is 3.97. The van der Waals surface area contributed by atoms with Crippen LogP contribution in [0.5, 0.6) is 0 Å². The highest BCUT2D eigenvalue weighted by Crippen LogP contribution is 2.21. The first kappa shape index (κ1) is 18.2. The van der Waals surface area contributed by atoms with Gasteiger partial charge in [-0.2, -0.15) is 5.10 Å². The number of nitrogens with one attached hydrogen (secondary N) is 3. The Balaban J connectivity index is 1.49. The Kier molecular flexibility index (Phi) is 5.43. The van der Waals surface area contributed by atoms with Crippen LogP contribution in [0, 0.1) is 0 Å². The van der Waals surface area contributed by atoms with Gasteiger partial charge in [0.1, 0.15) is 0 Å². The van der Waals surface area contributed by atoms with Gasteiger partial charge in [0.25, 0.3) is 0 Å². The number of hydrogen-bond donors (Lipinski definition) is 3. The van der Waals surface area contributed by atoms with E-state index in [1.165, 1.54) is 10.5 Å². The number of aryl methyl sites for hydroxylation is 1. The standard InChI is InChI=1S/C17H27N7O2/c1-11(2)24-10-12-4-5-13(8-14(12)22-24)21-16(18-3)19-6-7-23-15(25)9-20-17(23)26/h10-11,13H,4-9H2,1-3H3,(H,20,26)(H2,18,19,21). The Morgan fingerprint density at radius 2 is 2.27 bits per heavy atom. The van der Waals surface area contributed by atoms with Crippen molar-refractivity contribution in [1.82, 2.24) is 30.6 Å². The fourth-order valence-corrected chi connectivity index (χ4v) is 3.26. The number of urea groups is 1. The molecule has 1 aliphatic carbocycles. The second-order valence-electron chi connectivity index (χ2n) is 6.96.